The lowest BCUT2D eigenvalue weighted by Gasteiger charge is -2.24. The van der Waals surface area contributed by atoms with Crippen molar-refractivity contribution >= 4 is 16.9 Å². The molecule has 4 N–H and O–H groups in total. The molecular formula is C16H20N2O4. The number of ether oxygens (including phenoxy) is 2. The standard InChI is InChI=1S/C16H20N2O4/c1-16(2,13-8-21-13)22-15(20)11(17)7-10-9-5-3-4-6-12(9)18-14(10)19/h3-6,11,13,18-19H,7-8,17H2,1-2H3/t11-,13?/m0/s1. The fraction of sp³-hybridized carbons (Fsp3) is 0.438. The fourth-order valence-electron chi connectivity index (χ4n) is 2.55. The molecule has 1 saturated heterocycles. The Hall–Kier alpha value is -2.05. The number of epoxide rings is 1. The van der Waals surface area contributed by atoms with Crippen LogP contribution in [0.15, 0.2) is 24.3 Å². The third kappa shape index (κ3) is 2.80. The maximum absolute atomic E-state index is 12.2. The minimum absolute atomic E-state index is 0.0363. The van der Waals surface area contributed by atoms with Gasteiger partial charge in [-0.15, -0.1) is 0 Å². The molecule has 0 bridgehead atoms. The number of hydrogen-bond acceptors (Lipinski definition) is 5. The smallest absolute Gasteiger partial charge is 0.323 e. The number of benzene rings is 1. The van der Waals surface area contributed by atoms with Crippen molar-refractivity contribution in [3.63, 3.8) is 0 Å². The number of aromatic hydroxyl groups is 1. The molecule has 3 rings (SSSR count). The molecule has 2 atom stereocenters. The van der Waals surface area contributed by atoms with Crippen molar-refractivity contribution in [2.45, 2.75) is 38.0 Å². The van der Waals surface area contributed by atoms with Crippen LogP contribution in [0.5, 0.6) is 5.88 Å². The van der Waals surface area contributed by atoms with Crippen LogP contribution in [-0.4, -0.2) is 40.4 Å². The Morgan fingerprint density at radius 3 is 2.91 bits per heavy atom. The summed E-state index contributed by atoms with van der Waals surface area (Å²) >= 11 is 0. The lowest BCUT2D eigenvalue weighted by atomic mass is 10.0. The number of hydrogen-bond donors (Lipinski definition) is 3. The number of fused-ring (bicyclic) bond motifs is 1. The highest BCUT2D eigenvalue weighted by atomic mass is 16.6. The number of nitrogens with one attached hydrogen (secondary N) is 1. The van der Waals surface area contributed by atoms with Crippen LogP contribution in [0.4, 0.5) is 0 Å². The highest BCUT2D eigenvalue weighted by Crippen LogP contribution is 2.30. The van der Waals surface area contributed by atoms with E-state index < -0.39 is 17.6 Å². The Bertz CT molecular complexity index is 703. The first kappa shape index (κ1) is 14.9. The average molecular weight is 304 g/mol. The number of carbonyl (C=O) groups is 1. The van der Waals surface area contributed by atoms with Crippen molar-refractivity contribution in [1.82, 2.24) is 4.98 Å². The van der Waals surface area contributed by atoms with E-state index in [0.717, 1.165) is 10.9 Å². The van der Waals surface area contributed by atoms with Gasteiger partial charge in [0.1, 0.15) is 17.7 Å². The van der Waals surface area contributed by atoms with Crippen molar-refractivity contribution < 1.29 is 19.4 Å². The highest BCUT2D eigenvalue weighted by Gasteiger charge is 2.43. The molecule has 0 spiro atoms. The lowest BCUT2D eigenvalue weighted by molar-refractivity contribution is -0.159. The second kappa shape index (κ2) is 5.30. The lowest BCUT2D eigenvalue weighted by Crippen LogP contribution is -2.42. The van der Waals surface area contributed by atoms with E-state index in [2.05, 4.69) is 4.98 Å². The summed E-state index contributed by atoms with van der Waals surface area (Å²) in [6.45, 7) is 4.20. The van der Waals surface area contributed by atoms with Gasteiger partial charge in [-0.2, -0.15) is 0 Å². The largest absolute Gasteiger partial charge is 0.494 e. The molecule has 0 radical (unpaired) electrons. The number of aromatic nitrogens is 1. The third-order valence-electron chi connectivity index (χ3n) is 3.99. The van der Waals surface area contributed by atoms with Crippen molar-refractivity contribution in [1.29, 1.82) is 0 Å². The van der Waals surface area contributed by atoms with E-state index in [4.69, 9.17) is 15.2 Å². The number of nitrogens with two attached hydrogens (primary N) is 1. The zero-order valence-electron chi connectivity index (χ0n) is 12.6. The van der Waals surface area contributed by atoms with E-state index in [9.17, 15) is 9.90 Å². The summed E-state index contributed by atoms with van der Waals surface area (Å²) in [5.74, 6) is -0.459. The summed E-state index contributed by atoms with van der Waals surface area (Å²) < 4.78 is 10.6. The maximum Gasteiger partial charge on any atom is 0.323 e. The van der Waals surface area contributed by atoms with Crippen LogP contribution < -0.4 is 5.73 Å². The number of carbonyl (C=O) groups excluding carboxylic acids is 1. The Balaban J connectivity index is 1.74. The number of para-hydroxylation sites is 1. The molecule has 6 nitrogen and oxygen atoms in total. The van der Waals surface area contributed by atoms with Gasteiger partial charge in [0.2, 0.25) is 0 Å². The van der Waals surface area contributed by atoms with E-state index in [0.29, 0.717) is 12.2 Å². The van der Waals surface area contributed by atoms with E-state index in [1.807, 2.05) is 24.3 Å². The van der Waals surface area contributed by atoms with E-state index in [1.54, 1.807) is 13.8 Å². The molecule has 2 aromatic rings. The zero-order chi connectivity index (χ0) is 15.9. The number of rotatable bonds is 5. The zero-order valence-corrected chi connectivity index (χ0v) is 12.6. The van der Waals surface area contributed by atoms with Gasteiger partial charge in [-0.05, 0) is 19.9 Å². The number of H-pyrrole nitrogens is 1. The number of esters is 1. The van der Waals surface area contributed by atoms with Gasteiger partial charge < -0.3 is 25.3 Å². The molecule has 1 aliphatic heterocycles. The van der Waals surface area contributed by atoms with Crippen molar-refractivity contribution in [3.8, 4) is 5.88 Å². The Kier molecular flexibility index (Phi) is 3.58. The highest BCUT2D eigenvalue weighted by molar-refractivity contribution is 5.87. The van der Waals surface area contributed by atoms with Crippen LogP contribution in [0, 0.1) is 0 Å². The minimum atomic E-state index is -0.844. The molecule has 1 aliphatic rings. The second-order valence-corrected chi connectivity index (χ2v) is 6.15. The molecule has 0 saturated carbocycles. The van der Waals surface area contributed by atoms with Gasteiger partial charge in [-0.1, -0.05) is 18.2 Å². The van der Waals surface area contributed by atoms with E-state index in [1.165, 1.54) is 0 Å². The van der Waals surface area contributed by atoms with Crippen LogP contribution in [0.3, 0.4) is 0 Å². The number of aromatic amines is 1. The van der Waals surface area contributed by atoms with Gasteiger partial charge in [-0.3, -0.25) is 4.79 Å². The first-order valence-corrected chi connectivity index (χ1v) is 7.27. The average Bonchev–Trinajstić information content (AvgIpc) is 3.26. The van der Waals surface area contributed by atoms with Crippen molar-refractivity contribution in [2.24, 2.45) is 5.73 Å². The second-order valence-electron chi connectivity index (χ2n) is 6.15. The molecule has 1 unspecified atom stereocenters. The Morgan fingerprint density at radius 1 is 1.55 bits per heavy atom. The van der Waals surface area contributed by atoms with Crippen LogP contribution in [0.25, 0.3) is 10.9 Å². The summed E-state index contributed by atoms with van der Waals surface area (Å²) in [6, 6.07) is 6.63. The van der Waals surface area contributed by atoms with Gasteiger partial charge in [-0.25, -0.2) is 0 Å². The summed E-state index contributed by atoms with van der Waals surface area (Å²) in [7, 11) is 0. The third-order valence-corrected chi connectivity index (χ3v) is 3.99. The van der Waals surface area contributed by atoms with Gasteiger partial charge in [0.25, 0.3) is 0 Å². The molecule has 1 fully saturated rings. The summed E-state index contributed by atoms with van der Waals surface area (Å²) in [5.41, 5.74) is 6.71. The predicted molar refractivity (Wildman–Crippen MR) is 81.6 cm³/mol. The van der Waals surface area contributed by atoms with Gasteiger partial charge in [0.15, 0.2) is 5.88 Å². The summed E-state index contributed by atoms with van der Waals surface area (Å²) in [4.78, 5) is 15.0. The van der Waals surface area contributed by atoms with E-state index in [-0.39, 0.29) is 18.4 Å². The predicted octanol–water partition coefficient (Wildman–Crippen LogP) is 1.46. The molecule has 118 valence electrons. The van der Waals surface area contributed by atoms with E-state index >= 15 is 0 Å². The van der Waals surface area contributed by atoms with Crippen molar-refractivity contribution in [2.75, 3.05) is 6.61 Å². The molecule has 1 aromatic heterocycles. The van der Waals surface area contributed by atoms with Crippen LogP contribution >= 0.6 is 0 Å². The molecule has 22 heavy (non-hydrogen) atoms. The minimum Gasteiger partial charge on any atom is -0.494 e. The SMILES string of the molecule is CC(C)(OC(=O)[C@@H](N)Cc1c(O)[nH]c2ccccc12)C1CO1. The molecule has 6 heteroatoms. The quantitative estimate of drug-likeness (QED) is 0.573. The molecule has 0 amide bonds. The fourth-order valence-corrected chi connectivity index (χ4v) is 2.55. The molecule has 2 heterocycles. The summed E-state index contributed by atoms with van der Waals surface area (Å²) in [5, 5.41) is 10.9. The Morgan fingerprint density at radius 2 is 2.23 bits per heavy atom. The normalized spacial score (nSPS) is 19.1. The van der Waals surface area contributed by atoms with Crippen molar-refractivity contribution in [3.05, 3.63) is 29.8 Å². The van der Waals surface area contributed by atoms with Gasteiger partial charge in [0.05, 0.1) is 6.61 Å². The summed E-state index contributed by atoms with van der Waals surface area (Å²) in [6.07, 6.45) is 0.140. The van der Waals surface area contributed by atoms with Gasteiger partial charge >= 0.3 is 5.97 Å². The first-order valence-electron chi connectivity index (χ1n) is 7.27. The first-order chi connectivity index (χ1) is 10.4. The maximum atomic E-state index is 12.2. The molecular weight excluding hydrogens is 284 g/mol. The Labute approximate surface area is 128 Å². The van der Waals surface area contributed by atoms with Crippen LogP contribution in [0.1, 0.15) is 19.4 Å². The van der Waals surface area contributed by atoms with Gasteiger partial charge in [0, 0.05) is 22.9 Å². The topological polar surface area (TPSA) is 101 Å². The molecule has 0 aliphatic carbocycles. The monoisotopic (exact) mass is 304 g/mol. The van der Waals surface area contributed by atoms with Crippen LogP contribution in [0.2, 0.25) is 0 Å². The molecule has 1 aromatic carbocycles. The van der Waals surface area contributed by atoms with Crippen LogP contribution in [-0.2, 0) is 20.7 Å².